The van der Waals surface area contributed by atoms with Crippen LogP contribution in [0.4, 0.5) is 0 Å². The van der Waals surface area contributed by atoms with E-state index < -0.39 is 0 Å². The normalized spacial score (nSPS) is 12.2. The molecule has 3 heteroatoms. The average molecular weight is 413 g/mol. The van der Waals surface area contributed by atoms with E-state index in [0.29, 0.717) is 0 Å². The minimum absolute atomic E-state index is 0.245. The largest absolute Gasteiger partial charge is 0.467 e. The van der Waals surface area contributed by atoms with Crippen LogP contribution in [0, 0.1) is 0 Å². The minimum atomic E-state index is -0.379. The summed E-state index contributed by atoms with van der Waals surface area (Å²) in [5, 5.41) is 0. The molecule has 0 aliphatic carbocycles. The Kier molecular flexibility index (Phi) is 23.2. The quantitative estimate of drug-likeness (QED) is 0.125. The Balaban J connectivity index is 3.14. The zero-order valence-electron chi connectivity index (χ0n) is 20.2. The number of unbranched alkanes of at least 4 members (excludes halogenated alkanes) is 19. The number of hydrogen-bond donors (Lipinski definition) is 0. The van der Waals surface area contributed by atoms with Gasteiger partial charge in [0.1, 0.15) is 0 Å². The van der Waals surface area contributed by atoms with Crippen LogP contribution in [0.5, 0.6) is 0 Å². The third-order valence-electron chi connectivity index (χ3n) is 6.07. The molecule has 0 heterocycles. The monoisotopic (exact) mass is 412 g/mol. The second kappa shape index (κ2) is 23.7. The van der Waals surface area contributed by atoms with Crippen molar-refractivity contribution in [1.82, 2.24) is 0 Å². The maximum Gasteiger partial charge on any atom is 0.334 e. The Morgan fingerprint density at radius 3 is 1.14 bits per heavy atom. The van der Waals surface area contributed by atoms with Gasteiger partial charge in [-0.3, -0.25) is 0 Å². The first kappa shape index (κ1) is 28.4. The summed E-state index contributed by atoms with van der Waals surface area (Å²) in [6.45, 7) is 2.29. The molecule has 0 rings (SSSR count). The van der Waals surface area contributed by atoms with E-state index in [9.17, 15) is 4.79 Å². The molecular formula is C26H52O3. The molecule has 0 radical (unpaired) electrons. The van der Waals surface area contributed by atoms with Crippen molar-refractivity contribution in [3.8, 4) is 0 Å². The van der Waals surface area contributed by atoms with Crippen molar-refractivity contribution >= 4 is 5.97 Å². The molecule has 0 fully saturated rings. The van der Waals surface area contributed by atoms with E-state index in [-0.39, 0.29) is 12.1 Å². The van der Waals surface area contributed by atoms with E-state index in [2.05, 4.69) is 6.92 Å². The van der Waals surface area contributed by atoms with Gasteiger partial charge in [0.2, 0.25) is 0 Å². The van der Waals surface area contributed by atoms with Crippen molar-refractivity contribution in [3.63, 3.8) is 0 Å². The summed E-state index contributed by atoms with van der Waals surface area (Å²) in [6, 6.07) is 0. The van der Waals surface area contributed by atoms with Gasteiger partial charge in [-0.25, -0.2) is 4.79 Å². The minimum Gasteiger partial charge on any atom is -0.467 e. The van der Waals surface area contributed by atoms with Gasteiger partial charge in [0.25, 0.3) is 0 Å². The third kappa shape index (κ3) is 20.5. The molecular weight excluding hydrogens is 360 g/mol. The second-order valence-corrected chi connectivity index (χ2v) is 8.75. The number of rotatable bonds is 23. The van der Waals surface area contributed by atoms with Gasteiger partial charge in [-0.1, -0.05) is 135 Å². The molecule has 0 unspecified atom stereocenters. The molecule has 0 aromatic carbocycles. The van der Waals surface area contributed by atoms with Crippen LogP contribution in [-0.4, -0.2) is 26.3 Å². The zero-order chi connectivity index (χ0) is 21.4. The van der Waals surface area contributed by atoms with Crippen LogP contribution >= 0.6 is 0 Å². The topological polar surface area (TPSA) is 35.5 Å². The van der Waals surface area contributed by atoms with Crippen molar-refractivity contribution in [3.05, 3.63) is 0 Å². The summed E-state index contributed by atoms with van der Waals surface area (Å²) >= 11 is 0. The van der Waals surface area contributed by atoms with Crippen LogP contribution < -0.4 is 0 Å². The lowest BCUT2D eigenvalue weighted by Gasteiger charge is -2.12. The van der Waals surface area contributed by atoms with Crippen molar-refractivity contribution in [2.75, 3.05) is 14.2 Å². The summed E-state index contributed by atoms with van der Waals surface area (Å²) in [6.07, 6.45) is 28.1. The number of carbonyl (C=O) groups excluding carboxylic acids is 1. The van der Waals surface area contributed by atoms with Crippen molar-refractivity contribution in [1.29, 1.82) is 0 Å². The number of methoxy groups -OCH3 is 2. The first-order valence-electron chi connectivity index (χ1n) is 12.9. The van der Waals surface area contributed by atoms with E-state index in [0.717, 1.165) is 12.8 Å². The Labute approximate surface area is 182 Å². The Morgan fingerprint density at radius 1 is 0.552 bits per heavy atom. The number of carbonyl (C=O) groups is 1. The lowest BCUT2D eigenvalue weighted by Crippen LogP contribution is -2.24. The summed E-state index contributed by atoms with van der Waals surface area (Å²) in [5.41, 5.74) is 0. The Bertz CT molecular complexity index is 330. The Morgan fingerprint density at radius 2 is 0.862 bits per heavy atom. The summed E-state index contributed by atoms with van der Waals surface area (Å²) in [4.78, 5) is 11.4. The van der Waals surface area contributed by atoms with Crippen molar-refractivity contribution in [2.24, 2.45) is 0 Å². The second-order valence-electron chi connectivity index (χ2n) is 8.75. The highest BCUT2D eigenvalue weighted by molar-refractivity contribution is 5.74. The van der Waals surface area contributed by atoms with Crippen LogP contribution in [0.25, 0.3) is 0 Å². The fourth-order valence-electron chi connectivity index (χ4n) is 4.05. The molecule has 0 saturated heterocycles. The molecule has 0 aromatic heterocycles. The van der Waals surface area contributed by atoms with E-state index in [1.807, 2.05) is 0 Å². The van der Waals surface area contributed by atoms with E-state index >= 15 is 0 Å². The zero-order valence-corrected chi connectivity index (χ0v) is 20.2. The number of ether oxygens (including phenoxy) is 2. The SMILES string of the molecule is CCCCCCCCCCCCCCCCCCCCCC[C@H](OC)C(=O)OC. The lowest BCUT2D eigenvalue weighted by molar-refractivity contribution is -0.152. The molecule has 0 saturated carbocycles. The van der Waals surface area contributed by atoms with Crippen LogP contribution in [0.1, 0.15) is 142 Å². The molecule has 0 aliphatic rings. The molecule has 3 nitrogen and oxygen atoms in total. The van der Waals surface area contributed by atoms with Crippen LogP contribution in [0.3, 0.4) is 0 Å². The van der Waals surface area contributed by atoms with Crippen LogP contribution in [0.2, 0.25) is 0 Å². The number of esters is 1. The molecule has 0 spiro atoms. The molecule has 0 amide bonds. The van der Waals surface area contributed by atoms with Gasteiger partial charge in [0.05, 0.1) is 7.11 Å². The summed E-state index contributed by atoms with van der Waals surface area (Å²) in [5.74, 6) is -0.245. The predicted octanol–water partition coefficient (Wildman–Crippen LogP) is 8.39. The van der Waals surface area contributed by atoms with Gasteiger partial charge in [-0.2, -0.15) is 0 Å². The van der Waals surface area contributed by atoms with Crippen molar-refractivity contribution < 1.29 is 14.3 Å². The standard InChI is InChI=1S/C26H52O3/c1-4-5-6-7-8-9-10-11-12-13-14-15-16-17-18-19-20-21-22-23-24-25(28-2)26(27)29-3/h25H,4-24H2,1-3H3/t25-/m0/s1. The van der Waals surface area contributed by atoms with Gasteiger partial charge in [-0.15, -0.1) is 0 Å². The highest BCUT2D eigenvalue weighted by Gasteiger charge is 2.17. The summed E-state index contributed by atoms with van der Waals surface area (Å²) in [7, 11) is 3.00. The van der Waals surface area contributed by atoms with Gasteiger partial charge >= 0.3 is 5.97 Å². The molecule has 0 aromatic rings. The highest BCUT2D eigenvalue weighted by atomic mass is 16.6. The highest BCUT2D eigenvalue weighted by Crippen LogP contribution is 2.15. The fourth-order valence-corrected chi connectivity index (χ4v) is 4.05. The van der Waals surface area contributed by atoms with Gasteiger partial charge < -0.3 is 9.47 Å². The van der Waals surface area contributed by atoms with Crippen LogP contribution in [-0.2, 0) is 14.3 Å². The molecule has 29 heavy (non-hydrogen) atoms. The van der Waals surface area contributed by atoms with E-state index in [1.165, 1.54) is 129 Å². The predicted molar refractivity (Wildman–Crippen MR) is 125 cm³/mol. The first-order valence-corrected chi connectivity index (χ1v) is 12.9. The lowest BCUT2D eigenvalue weighted by atomic mass is 10.0. The summed E-state index contributed by atoms with van der Waals surface area (Å²) < 4.78 is 9.90. The molecule has 0 bridgehead atoms. The van der Waals surface area contributed by atoms with Gasteiger partial charge in [-0.05, 0) is 6.42 Å². The van der Waals surface area contributed by atoms with Gasteiger partial charge in [0.15, 0.2) is 6.10 Å². The maximum atomic E-state index is 11.4. The third-order valence-corrected chi connectivity index (χ3v) is 6.07. The smallest absolute Gasteiger partial charge is 0.334 e. The first-order chi connectivity index (χ1) is 14.3. The fraction of sp³-hybridized carbons (Fsp3) is 0.962. The maximum absolute atomic E-state index is 11.4. The molecule has 0 N–H and O–H groups in total. The molecule has 1 atom stereocenters. The van der Waals surface area contributed by atoms with E-state index in [4.69, 9.17) is 9.47 Å². The number of hydrogen-bond acceptors (Lipinski definition) is 3. The average Bonchev–Trinajstić information content (AvgIpc) is 2.74. The molecule has 174 valence electrons. The van der Waals surface area contributed by atoms with Crippen LogP contribution in [0.15, 0.2) is 0 Å². The Hall–Kier alpha value is -0.570. The van der Waals surface area contributed by atoms with E-state index in [1.54, 1.807) is 7.11 Å². The molecule has 0 aliphatic heterocycles. The van der Waals surface area contributed by atoms with Crippen molar-refractivity contribution in [2.45, 2.75) is 148 Å². The van der Waals surface area contributed by atoms with Gasteiger partial charge in [0, 0.05) is 7.11 Å².